The molecule has 4 heteroatoms. The van der Waals surface area contributed by atoms with Gasteiger partial charge in [0.05, 0.1) is 25.7 Å². The first-order valence-corrected chi connectivity index (χ1v) is 6.21. The van der Waals surface area contributed by atoms with Crippen LogP contribution in [-0.4, -0.2) is 30.3 Å². The molecule has 1 rings (SSSR count). The van der Waals surface area contributed by atoms with E-state index in [2.05, 4.69) is 5.32 Å². The molecule has 0 aliphatic carbocycles. The van der Waals surface area contributed by atoms with Gasteiger partial charge in [0.2, 0.25) is 5.91 Å². The van der Waals surface area contributed by atoms with Gasteiger partial charge in [0, 0.05) is 0 Å². The van der Waals surface area contributed by atoms with Crippen molar-refractivity contribution in [2.45, 2.75) is 26.3 Å². The highest BCUT2D eigenvalue weighted by atomic mass is 16.5. The normalized spacial score (nSPS) is 12.2. The molecule has 1 atom stereocenters. The molecule has 1 amide bonds. The van der Waals surface area contributed by atoms with E-state index in [1.54, 1.807) is 0 Å². The predicted molar refractivity (Wildman–Crippen MR) is 70.4 cm³/mol. The zero-order valence-electron chi connectivity index (χ0n) is 10.9. The van der Waals surface area contributed by atoms with Crippen LogP contribution in [0.25, 0.3) is 0 Å². The summed E-state index contributed by atoms with van der Waals surface area (Å²) in [5, 5.41) is 11.9. The maximum atomic E-state index is 11.6. The minimum atomic E-state index is -0.186. The third-order valence-electron chi connectivity index (χ3n) is 2.69. The topological polar surface area (TPSA) is 58.6 Å². The number of amides is 1. The van der Waals surface area contributed by atoms with Gasteiger partial charge >= 0.3 is 0 Å². The Morgan fingerprint density at radius 2 is 2.00 bits per heavy atom. The maximum absolute atomic E-state index is 11.6. The first-order valence-electron chi connectivity index (χ1n) is 6.21. The summed E-state index contributed by atoms with van der Waals surface area (Å²) in [5.41, 5.74) is 0. The second-order valence-corrected chi connectivity index (χ2v) is 4.51. The van der Waals surface area contributed by atoms with Gasteiger partial charge in [-0.15, -0.1) is 0 Å². The third-order valence-corrected chi connectivity index (χ3v) is 2.69. The Balaban J connectivity index is 2.25. The molecule has 0 saturated carbocycles. The molecule has 0 aromatic heterocycles. The van der Waals surface area contributed by atoms with Crippen molar-refractivity contribution in [1.29, 1.82) is 0 Å². The van der Waals surface area contributed by atoms with Gasteiger partial charge in [-0.2, -0.15) is 0 Å². The summed E-state index contributed by atoms with van der Waals surface area (Å²) in [6, 6.07) is 9.19. The van der Waals surface area contributed by atoms with Gasteiger partial charge < -0.3 is 15.2 Å². The van der Waals surface area contributed by atoms with Gasteiger partial charge in [-0.05, 0) is 18.1 Å². The zero-order chi connectivity index (χ0) is 13.4. The van der Waals surface area contributed by atoms with Crippen molar-refractivity contribution < 1.29 is 14.6 Å². The van der Waals surface area contributed by atoms with E-state index in [9.17, 15) is 4.79 Å². The summed E-state index contributed by atoms with van der Waals surface area (Å²) in [7, 11) is 0. The van der Waals surface area contributed by atoms with Gasteiger partial charge in [0.15, 0.2) is 0 Å². The molecule has 1 unspecified atom stereocenters. The van der Waals surface area contributed by atoms with Gasteiger partial charge in [0.1, 0.15) is 5.75 Å². The number of hydrogen-bond acceptors (Lipinski definition) is 3. The predicted octanol–water partition coefficient (Wildman–Crippen LogP) is 1.59. The fourth-order valence-corrected chi connectivity index (χ4v) is 1.48. The highest BCUT2D eigenvalue weighted by molar-refractivity contribution is 5.76. The van der Waals surface area contributed by atoms with E-state index in [-0.39, 0.29) is 30.9 Å². The number of benzene rings is 1. The van der Waals surface area contributed by atoms with Crippen LogP contribution in [0.2, 0.25) is 0 Å². The summed E-state index contributed by atoms with van der Waals surface area (Å²) < 4.78 is 5.43. The highest BCUT2D eigenvalue weighted by Crippen LogP contribution is 2.08. The molecule has 0 heterocycles. The minimum absolute atomic E-state index is 0.0387. The van der Waals surface area contributed by atoms with Crippen LogP contribution in [0, 0.1) is 5.92 Å². The van der Waals surface area contributed by atoms with Gasteiger partial charge in [0.25, 0.3) is 0 Å². The molecule has 100 valence electrons. The van der Waals surface area contributed by atoms with Crippen LogP contribution in [0.5, 0.6) is 5.75 Å². The number of carbonyl (C=O) groups excluding carboxylic acids is 1. The number of carbonyl (C=O) groups is 1. The lowest BCUT2D eigenvalue weighted by Gasteiger charge is -2.19. The van der Waals surface area contributed by atoms with Gasteiger partial charge in [-0.3, -0.25) is 4.79 Å². The summed E-state index contributed by atoms with van der Waals surface area (Å²) in [5.74, 6) is 0.876. The fraction of sp³-hybridized carbons (Fsp3) is 0.500. The van der Waals surface area contributed by atoms with Crippen molar-refractivity contribution in [3.8, 4) is 5.75 Å². The lowest BCUT2D eigenvalue weighted by Crippen LogP contribution is -2.41. The van der Waals surface area contributed by atoms with E-state index < -0.39 is 0 Å². The van der Waals surface area contributed by atoms with Crippen molar-refractivity contribution in [2.24, 2.45) is 5.92 Å². The number of hydrogen-bond donors (Lipinski definition) is 2. The number of rotatable bonds is 7. The Kier molecular flexibility index (Phi) is 6.22. The first kappa shape index (κ1) is 14.5. The van der Waals surface area contributed by atoms with E-state index in [0.29, 0.717) is 6.61 Å². The molecule has 1 aromatic carbocycles. The minimum Gasteiger partial charge on any atom is -0.493 e. The average Bonchev–Trinajstić information content (AvgIpc) is 2.37. The van der Waals surface area contributed by atoms with Crippen LogP contribution in [-0.2, 0) is 4.79 Å². The molecule has 0 fully saturated rings. The van der Waals surface area contributed by atoms with Gasteiger partial charge in [-0.25, -0.2) is 0 Å². The van der Waals surface area contributed by atoms with Crippen molar-refractivity contribution in [3.05, 3.63) is 30.3 Å². The standard InChI is InChI=1S/C14H21NO3/c1-11(2)13(10-16)15-14(17)8-9-18-12-6-4-3-5-7-12/h3-7,11,13,16H,8-10H2,1-2H3,(H,15,17). The fourth-order valence-electron chi connectivity index (χ4n) is 1.48. The molecule has 18 heavy (non-hydrogen) atoms. The van der Waals surface area contributed by atoms with Crippen LogP contribution in [0.1, 0.15) is 20.3 Å². The van der Waals surface area contributed by atoms with Crippen molar-refractivity contribution in [2.75, 3.05) is 13.2 Å². The number of ether oxygens (including phenoxy) is 1. The molecule has 0 saturated heterocycles. The Hall–Kier alpha value is -1.55. The number of aliphatic hydroxyl groups is 1. The SMILES string of the molecule is CC(C)C(CO)NC(=O)CCOc1ccccc1. The molecule has 0 radical (unpaired) electrons. The molecule has 0 aliphatic heterocycles. The zero-order valence-corrected chi connectivity index (χ0v) is 10.9. The Labute approximate surface area is 108 Å². The quantitative estimate of drug-likeness (QED) is 0.773. The second kappa shape index (κ2) is 7.71. The molecule has 0 bridgehead atoms. The Morgan fingerprint density at radius 3 is 2.56 bits per heavy atom. The van der Waals surface area contributed by atoms with E-state index in [0.717, 1.165) is 5.75 Å². The summed E-state index contributed by atoms with van der Waals surface area (Å²) in [6.45, 7) is 4.22. The Bertz CT molecular complexity index is 351. The van der Waals surface area contributed by atoms with Crippen LogP contribution < -0.4 is 10.1 Å². The van der Waals surface area contributed by atoms with E-state index >= 15 is 0 Å². The summed E-state index contributed by atoms with van der Waals surface area (Å²) >= 11 is 0. The molecule has 0 aliphatic rings. The largest absolute Gasteiger partial charge is 0.493 e. The highest BCUT2D eigenvalue weighted by Gasteiger charge is 2.14. The van der Waals surface area contributed by atoms with Crippen LogP contribution >= 0.6 is 0 Å². The third kappa shape index (κ3) is 5.19. The molecular formula is C14H21NO3. The second-order valence-electron chi connectivity index (χ2n) is 4.51. The van der Waals surface area contributed by atoms with Crippen LogP contribution in [0.3, 0.4) is 0 Å². The van der Waals surface area contributed by atoms with Gasteiger partial charge in [-0.1, -0.05) is 32.0 Å². The summed E-state index contributed by atoms with van der Waals surface area (Å²) in [4.78, 5) is 11.6. The average molecular weight is 251 g/mol. The molecule has 4 nitrogen and oxygen atoms in total. The Morgan fingerprint density at radius 1 is 1.33 bits per heavy atom. The number of aliphatic hydroxyl groups excluding tert-OH is 1. The first-order chi connectivity index (χ1) is 8.63. The summed E-state index contributed by atoms with van der Waals surface area (Å²) in [6.07, 6.45) is 0.290. The molecular weight excluding hydrogens is 230 g/mol. The lowest BCUT2D eigenvalue weighted by molar-refractivity contribution is -0.122. The van der Waals surface area contributed by atoms with Crippen LogP contribution in [0.4, 0.5) is 0 Å². The number of para-hydroxylation sites is 1. The van der Waals surface area contributed by atoms with Crippen LogP contribution in [0.15, 0.2) is 30.3 Å². The number of nitrogens with one attached hydrogen (secondary N) is 1. The maximum Gasteiger partial charge on any atom is 0.223 e. The lowest BCUT2D eigenvalue weighted by atomic mass is 10.1. The molecule has 2 N–H and O–H groups in total. The monoisotopic (exact) mass is 251 g/mol. The molecule has 1 aromatic rings. The van der Waals surface area contributed by atoms with E-state index in [1.165, 1.54) is 0 Å². The van der Waals surface area contributed by atoms with Crippen molar-refractivity contribution >= 4 is 5.91 Å². The molecule has 0 spiro atoms. The van der Waals surface area contributed by atoms with Crippen molar-refractivity contribution in [3.63, 3.8) is 0 Å². The van der Waals surface area contributed by atoms with Crippen molar-refractivity contribution in [1.82, 2.24) is 5.32 Å². The smallest absolute Gasteiger partial charge is 0.223 e. The van der Waals surface area contributed by atoms with E-state index in [1.807, 2.05) is 44.2 Å². The van der Waals surface area contributed by atoms with E-state index in [4.69, 9.17) is 9.84 Å².